The number of carboxylic acid groups (broad SMARTS) is 1. The average Bonchev–Trinajstić information content (AvgIpc) is 2.70. The molecule has 1 N–H and O–H groups in total. The molecule has 0 aromatic heterocycles. The van der Waals surface area contributed by atoms with Crippen molar-refractivity contribution in [1.82, 2.24) is 4.90 Å². The summed E-state index contributed by atoms with van der Waals surface area (Å²) in [5, 5.41) is 9.06. The number of amides is 1. The molecule has 1 aliphatic rings. The summed E-state index contributed by atoms with van der Waals surface area (Å²) in [5.41, 5.74) is 0. The number of terminal acetylenes is 1. The van der Waals surface area contributed by atoms with Gasteiger partial charge < -0.3 is 10.0 Å². The van der Waals surface area contributed by atoms with Gasteiger partial charge in [-0.25, -0.2) is 4.79 Å². The molecule has 0 aromatic carbocycles. The number of hydrogen-bond donors (Lipinski definition) is 1. The number of rotatable bonds is 4. The van der Waals surface area contributed by atoms with Gasteiger partial charge in [0.15, 0.2) is 0 Å². The summed E-state index contributed by atoms with van der Waals surface area (Å²) >= 11 is 1.53. The third-order valence-corrected chi connectivity index (χ3v) is 4.28. The molecule has 1 amide bonds. The predicted molar refractivity (Wildman–Crippen MR) is 67.4 cm³/mol. The van der Waals surface area contributed by atoms with E-state index in [9.17, 15) is 9.59 Å². The number of thioether (sulfide) groups is 1. The van der Waals surface area contributed by atoms with Gasteiger partial charge in [-0.1, -0.05) is 13.8 Å². The fourth-order valence-electron chi connectivity index (χ4n) is 1.86. The van der Waals surface area contributed by atoms with E-state index in [2.05, 4.69) is 5.92 Å². The Labute approximate surface area is 106 Å². The predicted octanol–water partition coefficient (Wildman–Crippen LogP) is 1.41. The Bertz CT molecular complexity index is 348. The maximum Gasteiger partial charge on any atom is 0.327 e. The molecule has 1 fully saturated rings. The van der Waals surface area contributed by atoms with Crippen LogP contribution in [0.3, 0.4) is 0 Å². The maximum atomic E-state index is 12.0. The van der Waals surface area contributed by atoms with Crippen LogP contribution >= 0.6 is 11.8 Å². The van der Waals surface area contributed by atoms with E-state index in [0.717, 1.165) is 0 Å². The lowest BCUT2D eigenvalue weighted by atomic mass is 10.1. The van der Waals surface area contributed by atoms with Crippen molar-refractivity contribution in [3.8, 4) is 12.3 Å². The van der Waals surface area contributed by atoms with Crippen molar-refractivity contribution in [3.05, 3.63) is 0 Å². The highest BCUT2D eigenvalue weighted by Gasteiger charge is 2.42. The van der Waals surface area contributed by atoms with Crippen LogP contribution in [0.15, 0.2) is 0 Å². The normalized spacial score (nSPS) is 23.8. The van der Waals surface area contributed by atoms with E-state index >= 15 is 0 Å². The molecular formula is C12H17NO3S. The molecule has 1 saturated heterocycles. The number of carbonyl (C=O) groups is 2. The molecule has 94 valence electrons. The van der Waals surface area contributed by atoms with Crippen LogP contribution < -0.4 is 0 Å². The van der Waals surface area contributed by atoms with E-state index in [1.165, 1.54) is 16.7 Å². The molecule has 1 rings (SSSR count). The minimum absolute atomic E-state index is 0.0543. The molecular weight excluding hydrogens is 238 g/mol. The van der Waals surface area contributed by atoms with E-state index < -0.39 is 12.0 Å². The number of hydrogen-bond acceptors (Lipinski definition) is 3. The summed E-state index contributed by atoms with van der Waals surface area (Å²) in [5.74, 6) is 2.01. The lowest BCUT2D eigenvalue weighted by Gasteiger charge is -2.29. The number of aliphatic carboxylic acids is 1. The van der Waals surface area contributed by atoms with Gasteiger partial charge in [0.25, 0.3) is 0 Å². The Kier molecular flexibility index (Phi) is 4.88. The molecule has 4 nitrogen and oxygen atoms in total. The second-order valence-corrected chi connectivity index (χ2v) is 5.48. The topological polar surface area (TPSA) is 57.6 Å². The van der Waals surface area contributed by atoms with Crippen LogP contribution in [0.1, 0.15) is 26.7 Å². The van der Waals surface area contributed by atoms with Crippen molar-refractivity contribution in [2.24, 2.45) is 5.92 Å². The van der Waals surface area contributed by atoms with Crippen molar-refractivity contribution in [2.75, 3.05) is 5.75 Å². The lowest BCUT2D eigenvalue weighted by molar-refractivity contribution is -0.149. The van der Waals surface area contributed by atoms with Gasteiger partial charge in [0.1, 0.15) is 6.04 Å². The van der Waals surface area contributed by atoms with Gasteiger partial charge >= 0.3 is 5.97 Å². The first-order valence-corrected chi connectivity index (χ1v) is 6.63. The fraction of sp³-hybridized carbons (Fsp3) is 0.667. The first-order valence-electron chi connectivity index (χ1n) is 5.58. The van der Waals surface area contributed by atoms with Gasteiger partial charge in [-0.3, -0.25) is 4.79 Å². The van der Waals surface area contributed by atoms with Gasteiger partial charge in [0.2, 0.25) is 5.91 Å². The number of nitrogens with zero attached hydrogens (tertiary/aromatic N) is 1. The van der Waals surface area contributed by atoms with E-state index in [4.69, 9.17) is 11.5 Å². The number of carbonyl (C=O) groups excluding carboxylic acids is 1. The van der Waals surface area contributed by atoms with Gasteiger partial charge in [0.05, 0.1) is 5.37 Å². The summed E-state index contributed by atoms with van der Waals surface area (Å²) in [4.78, 5) is 24.6. The molecule has 1 aliphatic heterocycles. The highest BCUT2D eigenvalue weighted by molar-refractivity contribution is 8.00. The van der Waals surface area contributed by atoms with Crippen LogP contribution in [0.5, 0.6) is 0 Å². The van der Waals surface area contributed by atoms with Crippen molar-refractivity contribution in [1.29, 1.82) is 0 Å². The molecule has 0 aromatic rings. The summed E-state index contributed by atoms with van der Waals surface area (Å²) < 4.78 is 0. The van der Waals surface area contributed by atoms with Crippen molar-refractivity contribution in [3.63, 3.8) is 0 Å². The van der Waals surface area contributed by atoms with E-state index in [1.54, 1.807) is 0 Å². The van der Waals surface area contributed by atoms with Crippen molar-refractivity contribution < 1.29 is 14.7 Å². The Balaban J connectivity index is 2.82. The highest BCUT2D eigenvalue weighted by Crippen LogP contribution is 2.34. The standard InChI is InChI=1S/C12H17NO3S/c1-4-5-6-10(14)13-9(12(15)16)7-17-11(13)8(2)3/h1,8-9,11H,5-7H2,2-3H3,(H,15,16). The minimum atomic E-state index is -0.935. The van der Waals surface area contributed by atoms with Gasteiger partial charge in [-0.2, -0.15) is 0 Å². The first kappa shape index (κ1) is 13.9. The third-order valence-electron chi connectivity index (χ3n) is 2.66. The quantitative estimate of drug-likeness (QED) is 0.772. The van der Waals surface area contributed by atoms with Crippen LogP contribution in [0, 0.1) is 18.3 Å². The summed E-state index contributed by atoms with van der Waals surface area (Å²) in [6, 6.07) is -0.710. The second kappa shape index (κ2) is 5.97. The molecule has 0 saturated carbocycles. The van der Waals surface area contributed by atoms with E-state index in [-0.39, 0.29) is 23.6 Å². The lowest BCUT2D eigenvalue weighted by Crippen LogP contribution is -2.47. The van der Waals surface area contributed by atoms with Gasteiger partial charge in [-0.05, 0) is 5.92 Å². The minimum Gasteiger partial charge on any atom is -0.480 e. The molecule has 2 atom stereocenters. The number of carboxylic acids is 1. The van der Waals surface area contributed by atoms with Crippen LogP contribution in [0.25, 0.3) is 0 Å². The van der Waals surface area contributed by atoms with E-state index in [1.807, 2.05) is 13.8 Å². The zero-order valence-corrected chi connectivity index (χ0v) is 10.9. The molecule has 0 spiro atoms. The monoisotopic (exact) mass is 255 g/mol. The molecule has 5 heteroatoms. The smallest absolute Gasteiger partial charge is 0.327 e. The zero-order valence-electron chi connectivity index (χ0n) is 10.0. The maximum absolute atomic E-state index is 12.0. The third kappa shape index (κ3) is 3.16. The molecule has 17 heavy (non-hydrogen) atoms. The summed E-state index contributed by atoms with van der Waals surface area (Å²) in [7, 11) is 0. The Morgan fingerprint density at radius 1 is 1.59 bits per heavy atom. The second-order valence-electron chi connectivity index (χ2n) is 4.33. The summed E-state index contributed by atoms with van der Waals surface area (Å²) in [6.07, 6.45) is 5.71. The largest absolute Gasteiger partial charge is 0.480 e. The molecule has 1 heterocycles. The first-order chi connectivity index (χ1) is 7.99. The zero-order chi connectivity index (χ0) is 13.0. The van der Waals surface area contributed by atoms with E-state index in [0.29, 0.717) is 12.2 Å². The van der Waals surface area contributed by atoms with Crippen LogP contribution in [0.4, 0.5) is 0 Å². The van der Waals surface area contributed by atoms with Crippen LogP contribution in [0.2, 0.25) is 0 Å². The molecule has 0 aliphatic carbocycles. The van der Waals surface area contributed by atoms with Crippen LogP contribution in [-0.4, -0.2) is 39.1 Å². The molecule has 0 radical (unpaired) electrons. The SMILES string of the molecule is C#CCCC(=O)N1C(C(=O)O)CSC1C(C)C. The van der Waals surface area contributed by atoms with Crippen molar-refractivity contribution in [2.45, 2.75) is 38.1 Å². The van der Waals surface area contributed by atoms with Crippen LogP contribution in [-0.2, 0) is 9.59 Å². The Morgan fingerprint density at radius 2 is 2.24 bits per heavy atom. The fourth-order valence-corrected chi connectivity index (χ4v) is 3.35. The molecule has 2 unspecified atom stereocenters. The van der Waals surface area contributed by atoms with Gasteiger partial charge in [-0.15, -0.1) is 24.1 Å². The molecule has 0 bridgehead atoms. The highest BCUT2D eigenvalue weighted by atomic mass is 32.2. The Morgan fingerprint density at radius 3 is 2.71 bits per heavy atom. The van der Waals surface area contributed by atoms with Gasteiger partial charge in [0, 0.05) is 18.6 Å². The summed E-state index contributed by atoms with van der Waals surface area (Å²) in [6.45, 7) is 3.98. The van der Waals surface area contributed by atoms with Crippen molar-refractivity contribution >= 4 is 23.6 Å². The Hall–Kier alpha value is -1.15. The average molecular weight is 255 g/mol.